The summed E-state index contributed by atoms with van der Waals surface area (Å²) in [6, 6.07) is 12.1. The van der Waals surface area contributed by atoms with Crippen LogP contribution >= 0.6 is 35.0 Å². The Labute approximate surface area is 130 Å². The van der Waals surface area contributed by atoms with E-state index in [-0.39, 0.29) is 0 Å². The molecule has 0 heterocycles. The van der Waals surface area contributed by atoms with Crippen molar-refractivity contribution in [3.05, 3.63) is 58.1 Å². The first kappa shape index (κ1) is 15.4. The van der Waals surface area contributed by atoms with E-state index in [1.807, 2.05) is 0 Å². The minimum atomic E-state index is -2.40. The van der Waals surface area contributed by atoms with Gasteiger partial charge in [-0.2, -0.15) is 8.78 Å². The number of rotatable bonds is 5. The number of nitrogens with one attached hydrogen (secondary N) is 1. The molecule has 106 valence electrons. The van der Waals surface area contributed by atoms with Crippen LogP contribution in [0.1, 0.15) is 5.56 Å². The zero-order chi connectivity index (χ0) is 14.5. The van der Waals surface area contributed by atoms with Crippen LogP contribution in [0.15, 0.2) is 47.4 Å². The van der Waals surface area contributed by atoms with E-state index in [0.717, 1.165) is 11.3 Å². The number of alkyl halides is 2. The molecule has 0 aromatic heterocycles. The number of benzene rings is 2. The smallest absolute Gasteiger partial charge is 0.288 e. The Hall–Kier alpha value is -0.970. The fraction of sp³-hybridized carbons (Fsp3) is 0.143. The van der Waals surface area contributed by atoms with Crippen LogP contribution in [-0.2, 0) is 6.54 Å². The fourth-order valence-electron chi connectivity index (χ4n) is 1.63. The monoisotopic (exact) mass is 333 g/mol. The van der Waals surface area contributed by atoms with Crippen molar-refractivity contribution < 1.29 is 8.78 Å². The maximum absolute atomic E-state index is 12.2. The fourth-order valence-corrected chi connectivity index (χ4v) is 2.51. The predicted octanol–water partition coefficient (Wildman–Crippen LogP) is 5.92. The summed E-state index contributed by atoms with van der Waals surface area (Å²) in [7, 11) is 0. The summed E-state index contributed by atoms with van der Waals surface area (Å²) in [5.41, 5.74) is 1.71. The SMILES string of the molecule is FC(F)Sc1ccc(NCc2cc(Cl)ccc2Cl)cc1. The quantitative estimate of drug-likeness (QED) is 0.681. The van der Waals surface area contributed by atoms with E-state index in [4.69, 9.17) is 23.2 Å². The van der Waals surface area contributed by atoms with Gasteiger partial charge in [0, 0.05) is 27.2 Å². The molecule has 0 fully saturated rings. The first-order valence-corrected chi connectivity index (χ1v) is 7.41. The van der Waals surface area contributed by atoms with Crippen molar-refractivity contribution in [2.24, 2.45) is 0 Å². The Balaban J connectivity index is 1.98. The highest BCUT2D eigenvalue weighted by Gasteiger charge is 2.05. The number of hydrogen-bond donors (Lipinski definition) is 1. The van der Waals surface area contributed by atoms with Crippen molar-refractivity contribution in [3.63, 3.8) is 0 Å². The van der Waals surface area contributed by atoms with Gasteiger partial charge in [0.1, 0.15) is 0 Å². The molecule has 0 aliphatic carbocycles. The van der Waals surface area contributed by atoms with Crippen LogP contribution in [-0.4, -0.2) is 5.76 Å². The van der Waals surface area contributed by atoms with Crippen LogP contribution in [0.5, 0.6) is 0 Å². The molecule has 0 saturated carbocycles. The molecule has 0 bridgehead atoms. The van der Waals surface area contributed by atoms with E-state index in [1.54, 1.807) is 42.5 Å². The van der Waals surface area contributed by atoms with Crippen molar-refractivity contribution in [2.45, 2.75) is 17.2 Å². The van der Waals surface area contributed by atoms with Crippen molar-refractivity contribution in [3.8, 4) is 0 Å². The van der Waals surface area contributed by atoms with Crippen LogP contribution in [0.25, 0.3) is 0 Å². The Morgan fingerprint density at radius 1 is 1.05 bits per heavy atom. The third-order valence-electron chi connectivity index (χ3n) is 2.57. The molecule has 2 rings (SSSR count). The van der Waals surface area contributed by atoms with Gasteiger partial charge >= 0.3 is 0 Å². The second-order valence-corrected chi connectivity index (χ2v) is 5.90. The minimum absolute atomic E-state index is 0.515. The lowest BCUT2D eigenvalue weighted by molar-refractivity contribution is 0.252. The summed E-state index contributed by atoms with van der Waals surface area (Å²) in [5, 5.41) is 4.42. The van der Waals surface area contributed by atoms with Gasteiger partial charge in [0.05, 0.1) is 0 Å². The Morgan fingerprint density at radius 2 is 1.75 bits per heavy atom. The average molecular weight is 334 g/mol. The van der Waals surface area contributed by atoms with Gasteiger partial charge in [-0.1, -0.05) is 35.0 Å². The average Bonchev–Trinajstić information content (AvgIpc) is 2.41. The lowest BCUT2D eigenvalue weighted by Crippen LogP contribution is -2.00. The highest BCUT2D eigenvalue weighted by molar-refractivity contribution is 7.99. The maximum Gasteiger partial charge on any atom is 0.288 e. The van der Waals surface area contributed by atoms with E-state index in [1.165, 1.54) is 0 Å². The van der Waals surface area contributed by atoms with Gasteiger partial charge < -0.3 is 5.32 Å². The van der Waals surface area contributed by atoms with Crippen molar-refractivity contribution in [2.75, 3.05) is 5.32 Å². The molecule has 20 heavy (non-hydrogen) atoms. The first-order chi connectivity index (χ1) is 9.54. The van der Waals surface area contributed by atoms with Gasteiger partial charge in [-0.05, 0) is 48.0 Å². The molecular formula is C14H11Cl2F2NS. The maximum atomic E-state index is 12.2. The lowest BCUT2D eigenvalue weighted by Gasteiger charge is -2.09. The molecule has 0 aliphatic rings. The molecule has 0 spiro atoms. The third-order valence-corrected chi connectivity index (χ3v) is 3.90. The van der Waals surface area contributed by atoms with E-state index in [2.05, 4.69) is 5.32 Å². The molecule has 2 aromatic rings. The lowest BCUT2D eigenvalue weighted by atomic mass is 10.2. The van der Waals surface area contributed by atoms with Gasteiger partial charge in [-0.3, -0.25) is 0 Å². The standard InChI is InChI=1S/C14H11Cl2F2NS/c15-10-1-6-13(16)9(7-10)8-19-11-2-4-12(5-3-11)20-14(17)18/h1-7,14,19H,8H2. The van der Waals surface area contributed by atoms with Gasteiger partial charge in [0.15, 0.2) is 0 Å². The highest BCUT2D eigenvalue weighted by Crippen LogP contribution is 2.27. The van der Waals surface area contributed by atoms with Gasteiger partial charge in [-0.25, -0.2) is 0 Å². The number of thioether (sulfide) groups is 1. The molecule has 0 saturated heterocycles. The second-order valence-electron chi connectivity index (χ2n) is 3.99. The summed E-state index contributed by atoms with van der Waals surface area (Å²) < 4.78 is 24.4. The van der Waals surface area contributed by atoms with Crippen LogP contribution in [0.4, 0.5) is 14.5 Å². The van der Waals surface area contributed by atoms with Crippen molar-refractivity contribution in [1.82, 2.24) is 0 Å². The largest absolute Gasteiger partial charge is 0.381 e. The van der Waals surface area contributed by atoms with Gasteiger partial charge in [0.25, 0.3) is 5.76 Å². The van der Waals surface area contributed by atoms with E-state index in [9.17, 15) is 8.78 Å². The van der Waals surface area contributed by atoms with Crippen LogP contribution in [0.3, 0.4) is 0 Å². The van der Waals surface area contributed by atoms with Crippen molar-refractivity contribution in [1.29, 1.82) is 0 Å². The molecule has 0 aliphatic heterocycles. The number of anilines is 1. The molecule has 0 radical (unpaired) electrons. The zero-order valence-electron chi connectivity index (χ0n) is 10.2. The van der Waals surface area contributed by atoms with Crippen LogP contribution in [0.2, 0.25) is 10.0 Å². The van der Waals surface area contributed by atoms with Gasteiger partial charge in [-0.15, -0.1) is 0 Å². The molecule has 2 aromatic carbocycles. The minimum Gasteiger partial charge on any atom is -0.381 e. The molecule has 6 heteroatoms. The van der Waals surface area contributed by atoms with E-state index >= 15 is 0 Å². The van der Waals surface area contributed by atoms with E-state index < -0.39 is 5.76 Å². The highest BCUT2D eigenvalue weighted by atomic mass is 35.5. The van der Waals surface area contributed by atoms with Crippen molar-refractivity contribution >= 4 is 40.7 Å². The first-order valence-electron chi connectivity index (χ1n) is 5.77. The number of hydrogen-bond acceptors (Lipinski definition) is 2. The summed E-state index contributed by atoms with van der Waals surface area (Å²) >= 11 is 12.5. The summed E-state index contributed by atoms with van der Waals surface area (Å²) in [6.45, 7) is 0.515. The molecular weight excluding hydrogens is 323 g/mol. The summed E-state index contributed by atoms with van der Waals surface area (Å²) in [4.78, 5) is 0.534. The molecule has 1 N–H and O–H groups in total. The zero-order valence-corrected chi connectivity index (χ0v) is 12.6. The predicted molar refractivity (Wildman–Crippen MR) is 82.1 cm³/mol. The molecule has 0 atom stereocenters. The summed E-state index contributed by atoms with van der Waals surface area (Å²) in [5.74, 6) is -2.40. The van der Waals surface area contributed by atoms with Gasteiger partial charge in [0.2, 0.25) is 0 Å². The molecule has 0 amide bonds. The Kier molecular flexibility index (Phi) is 5.52. The van der Waals surface area contributed by atoms with Crippen LogP contribution < -0.4 is 5.32 Å². The Bertz CT molecular complexity index is 576. The second kappa shape index (κ2) is 7.16. The normalized spacial score (nSPS) is 10.8. The number of halogens is 4. The topological polar surface area (TPSA) is 12.0 Å². The molecule has 1 nitrogen and oxygen atoms in total. The summed E-state index contributed by atoms with van der Waals surface area (Å²) in [6.07, 6.45) is 0. The van der Waals surface area contributed by atoms with E-state index in [0.29, 0.717) is 33.2 Å². The Morgan fingerprint density at radius 3 is 2.40 bits per heavy atom. The van der Waals surface area contributed by atoms with Crippen LogP contribution in [0, 0.1) is 0 Å². The third kappa shape index (κ3) is 4.54. The molecule has 0 unspecified atom stereocenters.